The largest absolute Gasteiger partial charge is 0.294 e. The minimum atomic E-state index is -0.514. The Balaban J connectivity index is 2.88. The van der Waals surface area contributed by atoms with E-state index < -0.39 is 4.92 Å². The number of aromatic nitrogens is 1. The normalized spacial score (nSPS) is 9.87. The SMILES string of the molecule is [N-]=[N+]=NCC=Cc1ncccc1[N+](=O)[O-]. The molecule has 0 atom stereocenters. The maximum atomic E-state index is 10.6. The third kappa shape index (κ3) is 3.09. The number of hydrogen-bond acceptors (Lipinski definition) is 4. The summed E-state index contributed by atoms with van der Waals surface area (Å²) in [4.78, 5) is 16.4. The Bertz CT molecular complexity index is 436. The second-order valence-corrected chi connectivity index (χ2v) is 2.48. The molecule has 1 rings (SSSR count). The van der Waals surface area contributed by atoms with Crippen LogP contribution in [0.4, 0.5) is 5.69 Å². The van der Waals surface area contributed by atoms with Gasteiger partial charge in [-0.3, -0.25) is 10.1 Å². The number of nitro groups is 1. The molecule has 1 aromatic rings. The van der Waals surface area contributed by atoms with Crippen molar-refractivity contribution in [1.29, 1.82) is 0 Å². The Kier molecular flexibility index (Phi) is 3.81. The second kappa shape index (κ2) is 5.36. The van der Waals surface area contributed by atoms with E-state index in [1.165, 1.54) is 30.5 Å². The zero-order chi connectivity index (χ0) is 11.1. The highest BCUT2D eigenvalue weighted by molar-refractivity contribution is 5.56. The summed E-state index contributed by atoms with van der Waals surface area (Å²) in [6.45, 7) is 0.143. The van der Waals surface area contributed by atoms with Gasteiger partial charge in [0.05, 0.1) is 4.92 Å². The topological polar surface area (TPSA) is 105 Å². The Morgan fingerprint density at radius 1 is 1.73 bits per heavy atom. The summed E-state index contributed by atoms with van der Waals surface area (Å²) >= 11 is 0. The molecule has 0 radical (unpaired) electrons. The van der Waals surface area contributed by atoms with E-state index in [0.29, 0.717) is 0 Å². The van der Waals surface area contributed by atoms with Crippen LogP contribution in [0.15, 0.2) is 29.5 Å². The molecule has 0 aliphatic rings. The van der Waals surface area contributed by atoms with Crippen LogP contribution in [0.25, 0.3) is 16.5 Å². The Morgan fingerprint density at radius 2 is 2.53 bits per heavy atom. The first kappa shape index (κ1) is 10.7. The van der Waals surface area contributed by atoms with Crippen LogP contribution in [0.5, 0.6) is 0 Å². The third-order valence-electron chi connectivity index (χ3n) is 1.54. The first-order valence-electron chi connectivity index (χ1n) is 4.02. The predicted molar refractivity (Wildman–Crippen MR) is 53.9 cm³/mol. The van der Waals surface area contributed by atoms with Crippen LogP contribution < -0.4 is 0 Å². The van der Waals surface area contributed by atoms with Crippen LogP contribution in [0.3, 0.4) is 0 Å². The molecule has 0 N–H and O–H groups in total. The summed E-state index contributed by atoms with van der Waals surface area (Å²) in [5, 5.41) is 13.8. The molecule has 0 aliphatic heterocycles. The van der Waals surface area contributed by atoms with Crippen LogP contribution in [-0.4, -0.2) is 16.5 Å². The average Bonchev–Trinajstić information content (AvgIpc) is 2.25. The lowest BCUT2D eigenvalue weighted by Gasteiger charge is -1.94. The van der Waals surface area contributed by atoms with E-state index in [1.807, 2.05) is 0 Å². The molecule has 76 valence electrons. The van der Waals surface area contributed by atoms with E-state index in [9.17, 15) is 10.1 Å². The Morgan fingerprint density at radius 3 is 3.20 bits per heavy atom. The minimum Gasteiger partial charge on any atom is -0.258 e. The highest BCUT2D eigenvalue weighted by Crippen LogP contribution is 2.15. The molecule has 0 saturated heterocycles. The molecular weight excluding hydrogens is 198 g/mol. The van der Waals surface area contributed by atoms with Gasteiger partial charge in [0.1, 0.15) is 5.69 Å². The van der Waals surface area contributed by atoms with Gasteiger partial charge in [0.2, 0.25) is 0 Å². The van der Waals surface area contributed by atoms with Crippen LogP contribution >= 0.6 is 0 Å². The average molecular weight is 205 g/mol. The van der Waals surface area contributed by atoms with Crippen LogP contribution in [-0.2, 0) is 0 Å². The number of nitrogens with zero attached hydrogens (tertiary/aromatic N) is 5. The van der Waals surface area contributed by atoms with E-state index in [0.717, 1.165) is 0 Å². The zero-order valence-corrected chi connectivity index (χ0v) is 7.65. The fourth-order valence-electron chi connectivity index (χ4n) is 0.940. The number of pyridine rings is 1. The zero-order valence-electron chi connectivity index (χ0n) is 7.65. The third-order valence-corrected chi connectivity index (χ3v) is 1.54. The van der Waals surface area contributed by atoms with E-state index in [2.05, 4.69) is 15.0 Å². The second-order valence-electron chi connectivity index (χ2n) is 2.48. The molecule has 0 saturated carbocycles. The maximum absolute atomic E-state index is 10.6. The quantitative estimate of drug-likeness (QED) is 0.247. The lowest BCUT2D eigenvalue weighted by molar-refractivity contribution is -0.385. The van der Waals surface area contributed by atoms with Crippen LogP contribution in [0, 0.1) is 10.1 Å². The monoisotopic (exact) mass is 205 g/mol. The van der Waals surface area contributed by atoms with Gasteiger partial charge in [0, 0.05) is 23.7 Å². The van der Waals surface area contributed by atoms with Crippen molar-refractivity contribution in [3.63, 3.8) is 0 Å². The van der Waals surface area contributed by atoms with Crippen molar-refractivity contribution in [3.8, 4) is 0 Å². The van der Waals surface area contributed by atoms with Gasteiger partial charge in [-0.05, 0) is 17.7 Å². The highest BCUT2D eigenvalue weighted by atomic mass is 16.6. The summed E-state index contributed by atoms with van der Waals surface area (Å²) in [5.41, 5.74) is 8.18. The fourth-order valence-corrected chi connectivity index (χ4v) is 0.940. The van der Waals surface area contributed by atoms with E-state index in [-0.39, 0.29) is 17.9 Å². The molecule has 0 spiro atoms. The first-order chi connectivity index (χ1) is 7.25. The molecule has 0 aliphatic carbocycles. The number of azide groups is 1. The van der Waals surface area contributed by atoms with Crippen molar-refractivity contribution in [2.75, 3.05) is 6.54 Å². The molecule has 7 nitrogen and oxygen atoms in total. The molecule has 7 heteroatoms. The number of hydrogen-bond donors (Lipinski definition) is 0. The predicted octanol–water partition coefficient (Wildman–Crippen LogP) is 2.31. The van der Waals surface area contributed by atoms with E-state index >= 15 is 0 Å². The van der Waals surface area contributed by atoms with Crippen molar-refractivity contribution in [2.24, 2.45) is 5.11 Å². The first-order valence-corrected chi connectivity index (χ1v) is 4.02. The summed E-state index contributed by atoms with van der Waals surface area (Å²) in [6.07, 6.45) is 4.42. The molecule has 15 heavy (non-hydrogen) atoms. The molecule has 0 amide bonds. The van der Waals surface area contributed by atoms with Crippen LogP contribution in [0.1, 0.15) is 5.69 Å². The van der Waals surface area contributed by atoms with Gasteiger partial charge in [-0.15, -0.1) is 0 Å². The molecule has 0 fully saturated rings. The van der Waals surface area contributed by atoms with Gasteiger partial charge in [-0.25, -0.2) is 4.98 Å². The van der Waals surface area contributed by atoms with Gasteiger partial charge in [-0.2, -0.15) is 0 Å². The van der Waals surface area contributed by atoms with Crippen molar-refractivity contribution >= 4 is 11.8 Å². The van der Waals surface area contributed by atoms with Gasteiger partial charge in [0.25, 0.3) is 5.69 Å². The van der Waals surface area contributed by atoms with Gasteiger partial charge < -0.3 is 0 Å². The van der Waals surface area contributed by atoms with Gasteiger partial charge >= 0.3 is 0 Å². The summed E-state index contributed by atoms with van der Waals surface area (Å²) < 4.78 is 0. The number of rotatable bonds is 4. The van der Waals surface area contributed by atoms with Crippen molar-refractivity contribution in [1.82, 2.24) is 4.98 Å². The van der Waals surface area contributed by atoms with Crippen molar-refractivity contribution < 1.29 is 4.92 Å². The minimum absolute atomic E-state index is 0.0744. The standard InChI is InChI=1S/C8H7N5O2/c9-12-11-6-1-3-7-8(13(14)15)4-2-5-10-7/h1-5H,6H2. The molecule has 1 aromatic heterocycles. The summed E-state index contributed by atoms with van der Waals surface area (Å²) in [7, 11) is 0. The maximum Gasteiger partial charge on any atom is 0.294 e. The van der Waals surface area contributed by atoms with Gasteiger partial charge in [0.15, 0.2) is 0 Å². The van der Waals surface area contributed by atoms with Crippen molar-refractivity contribution in [2.45, 2.75) is 0 Å². The summed E-state index contributed by atoms with van der Waals surface area (Å²) in [6, 6.07) is 2.85. The molecule has 0 bridgehead atoms. The van der Waals surface area contributed by atoms with E-state index in [1.54, 1.807) is 0 Å². The van der Waals surface area contributed by atoms with Gasteiger partial charge in [-0.1, -0.05) is 11.2 Å². The Labute approximate surface area is 84.8 Å². The molecular formula is C8H7N5O2. The fraction of sp³-hybridized carbons (Fsp3) is 0.125. The lowest BCUT2D eigenvalue weighted by Crippen LogP contribution is -1.93. The molecule has 1 heterocycles. The Hall–Kier alpha value is -2.40. The van der Waals surface area contributed by atoms with Crippen molar-refractivity contribution in [3.05, 3.63) is 50.7 Å². The smallest absolute Gasteiger partial charge is 0.258 e. The van der Waals surface area contributed by atoms with Crippen LogP contribution in [0.2, 0.25) is 0 Å². The highest BCUT2D eigenvalue weighted by Gasteiger charge is 2.10. The lowest BCUT2D eigenvalue weighted by atomic mass is 10.3. The molecule has 0 aromatic carbocycles. The summed E-state index contributed by atoms with van der Waals surface area (Å²) in [5.74, 6) is 0. The molecule has 0 unspecified atom stereocenters. The van der Waals surface area contributed by atoms with E-state index in [4.69, 9.17) is 5.53 Å².